The Morgan fingerprint density at radius 2 is 1.52 bits per heavy atom. The lowest BCUT2D eigenvalue weighted by atomic mass is 10.1. The van der Waals surface area contributed by atoms with Crippen molar-refractivity contribution in [1.29, 1.82) is 0 Å². The largest absolute Gasteiger partial charge is 0.467 e. The fraction of sp³-hybridized carbons (Fsp3) is 0.231. The summed E-state index contributed by atoms with van der Waals surface area (Å²) in [6.45, 7) is 2.47. The molecule has 0 bridgehead atoms. The second-order valence-corrected chi connectivity index (χ2v) is 8.80. The summed E-state index contributed by atoms with van der Waals surface area (Å²) in [7, 11) is 1.33. The second kappa shape index (κ2) is 9.86. The van der Waals surface area contributed by atoms with Gasteiger partial charge in [-0.25, -0.2) is 4.79 Å². The number of benzene rings is 3. The summed E-state index contributed by atoms with van der Waals surface area (Å²) in [6, 6.07) is 20.3. The average Bonchev–Trinajstić information content (AvgIpc) is 3.12. The third-order valence-electron chi connectivity index (χ3n) is 5.86. The van der Waals surface area contributed by atoms with Gasteiger partial charge >= 0.3 is 5.97 Å². The maximum atomic E-state index is 13.3. The first-order valence-corrected chi connectivity index (χ1v) is 11.4. The quantitative estimate of drug-likeness (QED) is 0.300. The smallest absolute Gasteiger partial charge is 0.328 e. The first kappa shape index (κ1) is 23.1. The van der Waals surface area contributed by atoms with Crippen molar-refractivity contribution in [3.63, 3.8) is 0 Å². The molecule has 33 heavy (non-hydrogen) atoms. The standard InChI is InChI=1S/C26H24Cl2N2O3/c1-17(26(32)33-2)30(16-18-6-4-3-5-7-18)25(31)12-13-29-23-10-8-19(27)14-21(23)22-15-20(28)9-11-24(22)29/h3-11,14-15,17H,12-13,16H2,1-2H3. The number of fused-ring (bicyclic) bond motifs is 3. The van der Waals surface area contributed by atoms with Crippen molar-refractivity contribution in [2.45, 2.75) is 32.5 Å². The van der Waals surface area contributed by atoms with E-state index in [-0.39, 0.29) is 12.3 Å². The Hall–Kier alpha value is -3.02. The summed E-state index contributed by atoms with van der Waals surface area (Å²) >= 11 is 12.5. The van der Waals surface area contributed by atoms with Crippen LogP contribution in [0.2, 0.25) is 10.0 Å². The Morgan fingerprint density at radius 1 is 0.939 bits per heavy atom. The first-order valence-electron chi connectivity index (χ1n) is 10.7. The van der Waals surface area contributed by atoms with Gasteiger partial charge in [0.2, 0.25) is 5.91 Å². The van der Waals surface area contributed by atoms with E-state index in [1.54, 1.807) is 11.8 Å². The normalized spacial score (nSPS) is 12.1. The van der Waals surface area contributed by atoms with Crippen LogP contribution in [0, 0.1) is 0 Å². The summed E-state index contributed by atoms with van der Waals surface area (Å²) in [5, 5.41) is 3.24. The highest BCUT2D eigenvalue weighted by molar-refractivity contribution is 6.33. The molecule has 1 amide bonds. The van der Waals surface area contributed by atoms with Crippen LogP contribution >= 0.6 is 23.2 Å². The van der Waals surface area contributed by atoms with Gasteiger partial charge in [-0.2, -0.15) is 0 Å². The highest BCUT2D eigenvalue weighted by Gasteiger charge is 2.27. The number of esters is 1. The maximum Gasteiger partial charge on any atom is 0.328 e. The number of aromatic nitrogens is 1. The van der Waals surface area contributed by atoms with E-state index in [1.165, 1.54) is 7.11 Å². The number of hydrogen-bond acceptors (Lipinski definition) is 3. The van der Waals surface area contributed by atoms with Gasteiger partial charge in [0.15, 0.2) is 0 Å². The number of amides is 1. The molecule has 0 aliphatic carbocycles. The van der Waals surface area contributed by atoms with Crippen molar-refractivity contribution in [3.8, 4) is 0 Å². The molecule has 1 aromatic heterocycles. The van der Waals surface area contributed by atoms with E-state index in [2.05, 4.69) is 4.57 Å². The molecule has 0 radical (unpaired) electrons. The molecule has 7 heteroatoms. The van der Waals surface area contributed by atoms with Crippen LogP contribution in [-0.4, -0.2) is 34.5 Å². The number of hydrogen-bond donors (Lipinski definition) is 0. The van der Waals surface area contributed by atoms with Crippen LogP contribution in [0.3, 0.4) is 0 Å². The summed E-state index contributed by atoms with van der Waals surface area (Å²) in [4.78, 5) is 27.2. The highest BCUT2D eigenvalue weighted by Crippen LogP contribution is 2.33. The first-order chi connectivity index (χ1) is 15.9. The van der Waals surface area contributed by atoms with E-state index in [9.17, 15) is 9.59 Å². The molecule has 1 unspecified atom stereocenters. The van der Waals surface area contributed by atoms with Gasteiger partial charge in [-0.3, -0.25) is 4.79 Å². The fourth-order valence-electron chi connectivity index (χ4n) is 4.16. The Kier molecular flexibility index (Phi) is 6.91. The Bertz CT molecular complexity index is 1260. The number of ether oxygens (including phenoxy) is 1. The molecule has 1 atom stereocenters. The van der Waals surface area contributed by atoms with Crippen molar-refractivity contribution in [2.24, 2.45) is 0 Å². The lowest BCUT2D eigenvalue weighted by Crippen LogP contribution is -2.43. The predicted molar refractivity (Wildman–Crippen MR) is 133 cm³/mol. The van der Waals surface area contributed by atoms with E-state index < -0.39 is 12.0 Å². The number of nitrogens with zero attached hydrogens (tertiary/aromatic N) is 2. The molecule has 0 saturated heterocycles. The maximum absolute atomic E-state index is 13.3. The number of aryl methyl sites for hydroxylation is 1. The van der Waals surface area contributed by atoms with Crippen molar-refractivity contribution in [1.82, 2.24) is 9.47 Å². The van der Waals surface area contributed by atoms with E-state index >= 15 is 0 Å². The molecule has 5 nitrogen and oxygen atoms in total. The molecular weight excluding hydrogens is 459 g/mol. The lowest BCUT2D eigenvalue weighted by Gasteiger charge is -2.28. The molecule has 3 aromatic carbocycles. The molecule has 0 aliphatic rings. The van der Waals surface area contributed by atoms with Gasteiger partial charge in [0.25, 0.3) is 0 Å². The molecule has 4 aromatic rings. The zero-order valence-electron chi connectivity index (χ0n) is 18.4. The third kappa shape index (κ3) is 4.85. The minimum absolute atomic E-state index is 0.130. The van der Waals surface area contributed by atoms with Crippen LogP contribution in [0.1, 0.15) is 18.9 Å². The molecule has 0 saturated carbocycles. The van der Waals surface area contributed by atoms with Gasteiger partial charge in [0.05, 0.1) is 7.11 Å². The van der Waals surface area contributed by atoms with Gasteiger partial charge < -0.3 is 14.2 Å². The molecule has 0 aliphatic heterocycles. The number of rotatable bonds is 7. The fourth-order valence-corrected chi connectivity index (χ4v) is 4.50. The lowest BCUT2D eigenvalue weighted by molar-refractivity contribution is -0.152. The number of carbonyl (C=O) groups is 2. The Labute approximate surface area is 202 Å². The SMILES string of the molecule is COC(=O)C(C)N(Cc1ccccc1)C(=O)CCn1c2ccc(Cl)cc2c2cc(Cl)ccc21. The Balaban J connectivity index is 1.64. The van der Waals surface area contributed by atoms with Crippen LogP contribution in [-0.2, 0) is 27.4 Å². The van der Waals surface area contributed by atoms with Crippen LogP contribution in [0.4, 0.5) is 0 Å². The van der Waals surface area contributed by atoms with E-state index in [0.717, 1.165) is 27.4 Å². The third-order valence-corrected chi connectivity index (χ3v) is 6.33. The van der Waals surface area contributed by atoms with Gasteiger partial charge in [0.1, 0.15) is 6.04 Å². The molecule has 0 spiro atoms. The van der Waals surface area contributed by atoms with Crippen molar-refractivity contribution >= 4 is 56.9 Å². The molecule has 4 rings (SSSR count). The molecule has 0 fully saturated rings. The minimum atomic E-state index is -0.696. The zero-order chi connectivity index (χ0) is 23.5. The number of halogens is 2. The molecular formula is C26H24Cl2N2O3. The molecule has 170 valence electrons. The number of carbonyl (C=O) groups excluding carboxylic acids is 2. The van der Waals surface area contributed by atoms with Crippen LogP contribution < -0.4 is 0 Å². The van der Waals surface area contributed by atoms with Gasteiger partial charge in [-0.15, -0.1) is 0 Å². The van der Waals surface area contributed by atoms with Crippen molar-refractivity contribution in [2.75, 3.05) is 7.11 Å². The summed E-state index contributed by atoms with van der Waals surface area (Å²) < 4.78 is 7.00. The van der Waals surface area contributed by atoms with Crippen molar-refractivity contribution < 1.29 is 14.3 Å². The van der Waals surface area contributed by atoms with Crippen LogP contribution in [0.5, 0.6) is 0 Å². The van der Waals surface area contributed by atoms with Gasteiger partial charge in [-0.1, -0.05) is 53.5 Å². The van der Waals surface area contributed by atoms with E-state index in [0.29, 0.717) is 23.1 Å². The Morgan fingerprint density at radius 3 is 2.06 bits per heavy atom. The minimum Gasteiger partial charge on any atom is -0.467 e. The van der Waals surface area contributed by atoms with Crippen LogP contribution in [0.15, 0.2) is 66.7 Å². The summed E-state index contributed by atoms with van der Waals surface area (Å²) in [5.74, 6) is -0.574. The van der Waals surface area contributed by atoms with Crippen molar-refractivity contribution in [3.05, 3.63) is 82.3 Å². The molecule has 1 heterocycles. The van der Waals surface area contributed by atoms with E-state index in [4.69, 9.17) is 27.9 Å². The van der Waals surface area contributed by atoms with Gasteiger partial charge in [0, 0.05) is 51.4 Å². The number of methoxy groups -OCH3 is 1. The predicted octanol–water partition coefficient (Wildman–Crippen LogP) is 6.08. The molecule has 0 N–H and O–H groups in total. The summed E-state index contributed by atoms with van der Waals surface area (Å²) in [6.07, 6.45) is 0.221. The zero-order valence-corrected chi connectivity index (χ0v) is 19.9. The average molecular weight is 483 g/mol. The van der Waals surface area contributed by atoms with E-state index in [1.807, 2.05) is 66.7 Å². The second-order valence-electron chi connectivity index (χ2n) is 7.93. The van der Waals surface area contributed by atoms with Crippen LogP contribution in [0.25, 0.3) is 21.8 Å². The summed E-state index contributed by atoms with van der Waals surface area (Å²) in [5.41, 5.74) is 2.89. The highest BCUT2D eigenvalue weighted by atomic mass is 35.5. The topological polar surface area (TPSA) is 51.5 Å². The monoisotopic (exact) mass is 482 g/mol. The van der Waals surface area contributed by atoms with Gasteiger partial charge in [-0.05, 0) is 48.9 Å².